The molecule has 1 aromatic heterocycles. The molecule has 1 fully saturated rings. The highest BCUT2D eigenvalue weighted by Crippen LogP contribution is 2.28. The standard InChI is InChI=1S/C10H16N2O/c1-10(13,8-4-6-11-7-8)9-3-2-5-12-9/h4,6-7,9,11-13H,2-3,5H2,1H3. The van der Waals surface area contributed by atoms with Gasteiger partial charge < -0.3 is 15.4 Å². The summed E-state index contributed by atoms with van der Waals surface area (Å²) >= 11 is 0. The van der Waals surface area contributed by atoms with Crippen LogP contribution in [0.1, 0.15) is 25.3 Å². The van der Waals surface area contributed by atoms with E-state index in [1.54, 1.807) is 0 Å². The number of aliphatic hydroxyl groups is 1. The largest absolute Gasteiger partial charge is 0.384 e. The molecular weight excluding hydrogens is 164 g/mol. The van der Waals surface area contributed by atoms with E-state index in [4.69, 9.17) is 0 Å². The molecule has 0 amide bonds. The van der Waals surface area contributed by atoms with Gasteiger partial charge in [0.15, 0.2) is 0 Å². The summed E-state index contributed by atoms with van der Waals surface area (Å²) in [6, 6.07) is 2.13. The van der Waals surface area contributed by atoms with Crippen LogP contribution in [0.3, 0.4) is 0 Å². The second kappa shape index (κ2) is 3.16. The van der Waals surface area contributed by atoms with Crippen molar-refractivity contribution in [3.05, 3.63) is 24.0 Å². The van der Waals surface area contributed by atoms with Gasteiger partial charge >= 0.3 is 0 Å². The summed E-state index contributed by atoms with van der Waals surface area (Å²) < 4.78 is 0. The number of nitrogens with one attached hydrogen (secondary N) is 2. The normalized spacial score (nSPS) is 27.4. The molecule has 1 aromatic rings. The molecule has 72 valence electrons. The first kappa shape index (κ1) is 8.78. The molecule has 1 aliphatic heterocycles. The van der Waals surface area contributed by atoms with Crippen molar-refractivity contribution >= 4 is 0 Å². The first-order valence-corrected chi connectivity index (χ1v) is 4.80. The fourth-order valence-corrected chi connectivity index (χ4v) is 2.00. The Balaban J connectivity index is 2.19. The van der Waals surface area contributed by atoms with Crippen LogP contribution < -0.4 is 5.32 Å². The maximum atomic E-state index is 10.3. The maximum absolute atomic E-state index is 10.3. The van der Waals surface area contributed by atoms with Crippen LogP contribution in [0.2, 0.25) is 0 Å². The second-order valence-electron chi connectivity index (χ2n) is 3.90. The molecule has 3 N–H and O–H groups in total. The van der Waals surface area contributed by atoms with E-state index in [0.717, 1.165) is 24.9 Å². The van der Waals surface area contributed by atoms with E-state index in [9.17, 15) is 5.11 Å². The van der Waals surface area contributed by atoms with E-state index < -0.39 is 5.60 Å². The summed E-state index contributed by atoms with van der Waals surface area (Å²) in [5.41, 5.74) is 0.225. The third kappa shape index (κ3) is 1.49. The predicted molar refractivity (Wildman–Crippen MR) is 51.4 cm³/mol. The summed E-state index contributed by atoms with van der Waals surface area (Å²) in [5.74, 6) is 0. The Morgan fingerprint density at radius 3 is 3.00 bits per heavy atom. The molecule has 13 heavy (non-hydrogen) atoms. The third-order valence-corrected chi connectivity index (χ3v) is 2.92. The molecule has 0 spiro atoms. The van der Waals surface area contributed by atoms with Gasteiger partial charge in [-0.05, 0) is 32.4 Å². The Bertz CT molecular complexity index is 260. The first-order valence-electron chi connectivity index (χ1n) is 4.80. The van der Waals surface area contributed by atoms with Crippen molar-refractivity contribution in [2.45, 2.75) is 31.4 Å². The van der Waals surface area contributed by atoms with Crippen LogP contribution in [0.4, 0.5) is 0 Å². The van der Waals surface area contributed by atoms with Crippen molar-refractivity contribution in [2.24, 2.45) is 0 Å². The first-order chi connectivity index (χ1) is 6.21. The third-order valence-electron chi connectivity index (χ3n) is 2.92. The minimum atomic E-state index is -0.740. The zero-order valence-corrected chi connectivity index (χ0v) is 7.88. The predicted octanol–water partition coefficient (Wildman–Crippen LogP) is 0.974. The van der Waals surface area contributed by atoms with E-state index in [1.807, 2.05) is 25.4 Å². The number of aromatic amines is 1. The SMILES string of the molecule is CC(O)(c1cc[nH]c1)C1CCCN1. The fourth-order valence-electron chi connectivity index (χ4n) is 2.00. The number of H-pyrrole nitrogens is 1. The van der Waals surface area contributed by atoms with Crippen molar-refractivity contribution in [1.82, 2.24) is 10.3 Å². The molecule has 0 radical (unpaired) electrons. The van der Waals surface area contributed by atoms with Gasteiger partial charge in [-0.2, -0.15) is 0 Å². The monoisotopic (exact) mass is 180 g/mol. The van der Waals surface area contributed by atoms with Gasteiger partial charge in [0.25, 0.3) is 0 Å². The minimum Gasteiger partial charge on any atom is -0.384 e. The quantitative estimate of drug-likeness (QED) is 0.635. The van der Waals surface area contributed by atoms with Gasteiger partial charge in [-0.1, -0.05) is 0 Å². The van der Waals surface area contributed by atoms with E-state index in [0.29, 0.717) is 0 Å². The van der Waals surface area contributed by atoms with Crippen molar-refractivity contribution < 1.29 is 5.11 Å². The Kier molecular flexibility index (Phi) is 2.14. The van der Waals surface area contributed by atoms with Gasteiger partial charge in [0, 0.05) is 24.0 Å². The molecule has 0 saturated carbocycles. The molecule has 0 bridgehead atoms. The topological polar surface area (TPSA) is 48.0 Å². The lowest BCUT2D eigenvalue weighted by molar-refractivity contribution is 0.0220. The molecule has 2 heterocycles. The molecule has 1 saturated heterocycles. The van der Waals surface area contributed by atoms with E-state index in [2.05, 4.69) is 10.3 Å². The van der Waals surface area contributed by atoms with Crippen LogP contribution in [0.15, 0.2) is 18.5 Å². The Morgan fingerprint density at radius 1 is 1.62 bits per heavy atom. The van der Waals surface area contributed by atoms with Crippen LogP contribution in [0.5, 0.6) is 0 Å². The summed E-state index contributed by atoms with van der Waals surface area (Å²) in [4.78, 5) is 2.97. The molecule has 3 nitrogen and oxygen atoms in total. The average Bonchev–Trinajstić information content (AvgIpc) is 2.78. The molecule has 2 unspecified atom stereocenters. The maximum Gasteiger partial charge on any atom is 0.103 e. The lowest BCUT2D eigenvalue weighted by Crippen LogP contribution is -2.42. The summed E-state index contributed by atoms with van der Waals surface area (Å²) in [6.07, 6.45) is 5.92. The summed E-state index contributed by atoms with van der Waals surface area (Å²) in [6.45, 7) is 2.89. The fraction of sp³-hybridized carbons (Fsp3) is 0.600. The zero-order chi connectivity index (χ0) is 9.31. The molecule has 0 aromatic carbocycles. The molecule has 1 aliphatic rings. The number of rotatable bonds is 2. The Morgan fingerprint density at radius 2 is 2.46 bits per heavy atom. The smallest absolute Gasteiger partial charge is 0.103 e. The second-order valence-corrected chi connectivity index (χ2v) is 3.90. The van der Waals surface area contributed by atoms with Crippen LogP contribution in [-0.2, 0) is 5.60 Å². The molecule has 3 heteroatoms. The Labute approximate surface area is 78.2 Å². The number of hydrogen-bond acceptors (Lipinski definition) is 2. The highest BCUT2D eigenvalue weighted by molar-refractivity contribution is 5.20. The number of hydrogen-bond donors (Lipinski definition) is 3. The Hall–Kier alpha value is -0.800. The molecule has 2 rings (SSSR count). The summed E-state index contributed by atoms with van der Waals surface area (Å²) in [5, 5.41) is 13.6. The van der Waals surface area contributed by atoms with E-state index >= 15 is 0 Å². The van der Waals surface area contributed by atoms with Crippen LogP contribution in [-0.4, -0.2) is 22.7 Å². The van der Waals surface area contributed by atoms with Gasteiger partial charge in [0.05, 0.1) is 0 Å². The van der Waals surface area contributed by atoms with Gasteiger partial charge in [-0.15, -0.1) is 0 Å². The average molecular weight is 180 g/mol. The van der Waals surface area contributed by atoms with Gasteiger partial charge in [0.1, 0.15) is 5.60 Å². The molecule has 0 aliphatic carbocycles. The van der Waals surface area contributed by atoms with Gasteiger partial charge in [0.2, 0.25) is 0 Å². The van der Waals surface area contributed by atoms with Crippen molar-refractivity contribution in [3.8, 4) is 0 Å². The van der Waals surface area contributed by atoms with Crippen LogP contribution >= 0.6 is 0 Å². The molecular formula is C10H16N2O. The van der Waals surface area contributed by atoms with E-state index in [-0.39, 0.29) is 6.04 Å². The number of aromatic nitrogens is 1. The van der Waals surface area contributed by atoms with Crippen molar-refractivity contribution in [2.75, 3.05) is 6.54 Å². The summed E-state index contributed by atoms with van der Waals surface area (Å²) in [7, 11) is 0. The van der Waals surface area contributed by atoms with Gasteiger partial charge in [-0.3, -0.25) is 0 Å². The highest BCUT2D eigenvalue weighted by Gasteiger charge is 2.35. The highest BCUT2D eigenvalue weighted by atomic mass is 16.3. The van der Waals surface area contributed by atoms with E-state index in [1.165, 1.54) is 0 Å². The lowest BCUT2D eigenvalue weighted by Gasteiger charge is -2.29. The van der Waals surface area contributed by atoms with Crippen molar-refractivity contribution in [1.29, 1.82) is 0 Å². The van der Waals surface area contributed by atoms with Gasteiger partial charge in [-0.25, -0.2) is 0 Å². The van der Waals surface area contributed by atoms with Crippen molar-refractivity contribution in [3.63, 3.8) is 0 Å². The molecule has 2 atom stereocenters. The lowest BCUT2D eigenvalue weighted by atomic mass is 9.89. The van der Waals surface area contributed by atoms with Crippen LogP contribution in [0.25, 0.3) is 0 Å². The minimum absolute atomic E-state index is 0.197. The van der Waals surface area contributed by atoms with Crippen LogP contribution in [0, 0.1) is 0 Å². The zero-order valence-electron chi connectivity index (χ0n) is 7.88.